The molecule has 102 valence electrons. The van der Waals surface area contributed by atoms with E-state index in [1.165, 1.54) is 4.57 Å². The third-order valence-electron chi connectivity index (χ3n) is 2.65. The minimum Gasteiger partial charge on any atom is -0.388 e. The number of hydrogen-bond acceptors (Lipinski definition) is 3. The van der Waals surface area contributed by atoms with Crippen LogP contribution < -0.4 is 0 Å². The van der Waals surface area contributed by atoms with Gasteiger partial charge >= 0.3 is 0 Å². The van der Waals surface area contributed by atoms with Gasteiger partial charge < -0.3 is 9.67 Å². The molecule has 2 aromatic rings. The lowest BCUT2D eigenvalue weighted by atomic mass is 10.1. The topological polar surface area (TPSA) is 50.9 Å². The van der Waals surface area contributed by atoms with Crippen LogP contribution in [0.25, 0.3) is 11.4 Å². The Kier molecular flexibility index (Phi) is 3.57. The lowest BCUT2D eigenvalue weighted by Crippen LogP contribution is -2.09. The summed E-state index contributed by atoms with van der Waals surface area (Å²) in [5.74, 6) is -3.01. The highest BCUT2D eigenvalue weighted by molar-refractivity contribution is 5.57. The van der Waals surface area contributed by atoms with Gasteiger partial charge in [-0.2, -0.15) is 0 Å². The van der Waals surface area contributed by atoms with E-state index in [0.29, 0.717) is 12.1 Å². The first-order valence-electron chi connectivity index (χ1n) is 5.65. The van der Waals surface area contributed by atoms with Gasteiger partial charge in [-0.25, -0.2) is 13.2 Å². The molecule has 0 saturated heterocycles. The minimum atomic E-state index is -1.06. The van der Waals surface area contributed by atoms with Gasteiger partial charge in [0.15, 0.2) is 11.6 Å². The smallest absolute Gasteiger partial charge is 0.170 e. The molecule has 0 radical (unpaired) electrons. The summed E-state index contributed by atoms with van der Waals surface area (Å²) in [5, 5.41) is 16.5. The van der Waals surface area contributed by atoms with Crippen LogP contribution in [0, 0.1) is 17.5 Å². The maximum atomic E-state index is 13.7. The molecule has 0 amide bonds. The molecule has 0 spiro atoms. The zero-order valence-electron chi connectivity index (χ0n) is 10.4. The molecule has 4 nitrogen and oxygen atoms in total. The van der Waals surface area contributed by atoms with Crippen molar-refractivity contribution < 1.29 is 18.3 Å². The number of rotatable bonds is 3. The Hall–Kier alpha value is -1.89. The molecule has 0 atom stereocenters. The summed E-state index contributed by atoms with van der Waals surface area (Å²) >= 11 is 0. The molecule has 2 rings (SSSR count). The van der Waals surface area contributed by atoms with Crippen molar-refractivity contribution in [1.82, 2.24) is 14.8 Å². The number of benzene rings is 1. The van der Waals surface area contributed by atoms with E-state index in [4.69, 9.17) is 5.11 Å². The fourth-order valence-electron chi connectivity index (χ4n) is 1.90. The van der Waals surface area contributed by atoms with Crippen molar-refractivity contribution in [2.45, 2.75) is 26.5 Å². The molecule has 7 heteroatoms. The van der Waals surface area contributed by atoms with E-state index in [2.05, 4.69) is 10.2 Å². The largest absolute Gasteiger partial charge is 0.388 e. The van der Waals surface area contributed by atoms with Gasteiger partial charge in [0.25, 0.3) is 0 Å². The average molecular weight is 271 g/mol. The Morgan fingerprint density at radius 2 is 1.74 bits per heavy atom. The first-order valence-corrected chi connectivity index (χ1v) is 5.65. The number of nitrogens with zero attached hydrogens (tertiary/aromatic N) is 3. The summed E-state index contributed by atoms with van der Waals surface area (Å²) < 4.78 is 41.8. The van der Waals surface area contributed by atoms with Crippen LogP contribution in [0.1, 0.15) is 25.7 Å². The molecule has 0 unspecified atom stereocenters. The van der Waals surface area contributed by atoms with Gasteiger partial charge in [-0.3, -0.25) is 0 Å². The van der Waals surface area contributed by atoms with Gasteiger partial charge in [-0.1, -0.05) is 0 Å². The van der Waals surface area contributed by atoms with Crippen molar-refractivity contribution in [1.29, 1.82) is 0 Å². The standard InChI is InChI=1S/C12H12F3N3O/c1-6(2)18-10(5-19)16-17-12(18)11-8(14)3-7(13)4-9(11)15/h3-4,6,19H,5H2,1-2H3. The van der Waals surface area contributed by atoms with E-state index in [1.54, 1.807) is 13.8 Å². The van der Waals surface area contributed by atoms with Gasteiger partial charge in [-0.05, 0) is 13.8 Å². The highest BCUT2D eigenvalue weighted by atomic mass is 19.1. The Morgan fingerprint density at radius 3 is 2.21 bits per heavy atom. The van der Waals surface area contributed by atoms with E-state index in [9.17, 15) is 13.2 Å². The first-order chi connectivity index (χ1) is 8.95. The van der Waals surface area contributed by atoms with E-state index in [-0.39, 0.29) is 17.7 Å². The fraction of sp³-hybridized carbons (Fsp3) is 0.333. The second-order valence-electron chi connectivity index (χ2n) is 4.31. The molecule has 0 saturated carbocycles. The summed E-state index contributed by atoms with van der Waals surface area (Å²) in [6.07, 6.45) is 0. The Morgan fingerprint density at radius 1 is 1.16 bits per heavy atom. The zero-order valence-corrected chi connectivity index (χ0v) is 10.4. The van der Waals surface area contributed by atoms with Crippen LogP contribution >= 0.6 is 0 Å². The molecule has 0 aliphatic carbocycles. The highest BCUT2D eigenvalue weighted by Gasteiger charge is 2.22. The lowest BCUT2D eigenvalue weighted by molar-refractivity contribution is 0.262. The summed E-state index contributed by atoms with van der Waals surface area (Å²) in [6, 6.07) is 0.947. The Balaban J connectivity index is 2.69. The lowest BCUT2D eigenvalue weighted by Gasteiger charge is -2.13. The first kappa shape index (κ1) is 13.5. The van der Waals surface area contributed by atoms with E-state index in [0.717, 1.165) is 0 Å². The molecular weight excluding hydrogens is 259 g/mol. The van der Waals surface area contributed by atoms with Crippen LogP contribution in [0.3, 0.4) is 0 Å². The molecular formula is C12H12F3N3O. The summed E-state index contributed by atoms with van der Waals surface area (Å²) in [6.45, 7) is 3.10. The van der Waals surface area contributed by atoms with Crippen LogP contribution in [0.15, 0.2) is 12.1 Å². The summed E-state index contributed by atoms with van der Waals surface area (Å²) in [5.41, 5.74) is -0.456. The molecule has 0 aliphatic rings. The van der Waals surface area contributed by atoms with Gasteiger partial charge in [0.1, 0.15) is 24.1 Å². The van der Waals surface area contributed by atoms with Crippen LogP contribution in [0.5, 0.6) is 0 Å². The van der Waals surface area contributed by atoms with Crippen molar-refractivity contribution in [2.24, 2.45) is 0 Å². The van der Waals surface area contributed by atoms with Crippen LogP contribution in [0.2, 0.25) is 0 Å². The van der Waals surface area contributed by atoms with E-state index < -0.39 is 29.6 Å². The average Bonchev–Trinajstić information content (AvgIpc) is 2.71. The number of hydrogen-bond donors (Lipinski definition) is 1. The molecule has 0 fully saturated rings. The van der Waals surface area contributed by atoms with Crippen molar-refractivity contribution in [3.8, 4) is 11.4 Å². The maximum absolute atomic E-state index is 13.7. The quantitative estimate of drug-likeness (QED) is 0.932. The van der Waals surface area contributed by atoms with E-state index in [1.807, 2.05) is 0 Å². The second-order valence-corrected chi connectivity index (χ2v) is 4.31. The molecule has 19 heavy (non-hydrogen) atoms. The minimum absolute atomic E-state index is 0.0750. The van der Waals surface area contributed by atoms with Gasteiger partial charge in [0.05, 0.1) is 5.56 Å². The van der Waals surface area contributed by atoms with Gasteiger partial charge in [0.2, 0.25) is 0 Å². The number of aliphatic hydroxyl groups is 1. The molecule has 0 bridgehead atoms. The second kappa shape index (κ2) is 5.00. The van der Waals surface area contributed by atoms with E-state index >= 15 is 0 Å². The predicted molar refractivity (Wildman–Crippen MR) is 61.6 cm³/mol. The van der Waals surface area contributed by atoms with Crippen molar-refractivity contribution in [3.63, 3.8) is 0 Å². The van der Waals surface area contributed by atoms with Gasteiger partial charge in [-0.15, -0.1) is 10.2 Å². The van der Waals surface area contributed by atoms with Crippen LogP contribution in [-0.2, 0) is 6.61 Å². The van der Waals surface area contributed by atoms with Crippen molar-refractivity contribution in [2.75, 3.05) is 0 Å². The van der Waals surface area contributed by atoms with Gasteiger partial charge in [0, 0.05) is 18.2 Å². The number of aromatic nitrogens is 3. The molecule has 1 aromatic carbocycles. The molecule has 0 aliphatic heterocycles. The van der Waals surface area contributed by atoms with Crippen molar-refractivity contribution in [3.05, 3.63) is 35.4 Å². The molecule has 1 aromatic heterocycles. The molecule has 1 N–H and O–H groups in total. The SMILES string of the molecule is CC(C)n1c(CO)nnc1-c1c(F)cc(F)cc1F. The fourth-order valence-corrected chi connectivity index (χ4v) is 1.90. The highest BCUT2D eigenvalue weighted by Crippen LogP contribution is 2.28. The Labute approximate surface area is 107 Å². The third-order valence-corrected chi connectivity index (χ3v) is 2.65. The Bertz CT molecular complexity index is 587. The molecule has 1 heterocycles. The number of halogens is 3. The zero-order chi connectivity index (χ0) is 14.2. The van der Waals surface area contributed by atoms with Crippen LogP contribution in [-0.4, -0.2) is 19.9 Å². The van der Waals surface area contributed by atoms with Crippen LogP contribution in [0.4, 0.5) is 13.2 Å². The normalized spacial score (nSPS) is 11.3. The number of aliphatic hydroxyl groups excluding tert-OH is 1. The monoisotopic (exact) mass is 271 g/mol. The maximum Gasteiger partial charge on any atom is 0.170 e. The third kappa shape index (κ3) is 2.33. The summed E-state index contributed by atoms with van der Waals surface area (Å²) in [7, 11) is 0. The predicted octanol–water partition coefficient (Wildman–Crippen LogP) is 2.44. The van der Waals surface area contributed by atoms with Crippen molar-refractivity contribution >= 4 is 0 Å². The summed E-state index contributed by atoms with van der Waals surface area (Å²) in [4.78, 5) is 0.